The van der Waals surface area contributed by atoms with Crippen molar-refractivity contribution in [2.45, 2.75) is 44.8 Å². The number of rotatable bonds is 11. The minimum absolute atomic E-state index is 0.0534. The van der Waals surface area contributed by atoms with Gasteiger partial charge in [-0.1, -0.05) is 25.1 Å². The first-order valence-corrected chi connectivity index (χ1v) is 15.2. The monoisotopic (exact) mass is 623 g/mol. The molecule has 1 saturated heterocycles. The second kappa shape index (κ2) is 14.0. The molecule has 0 bridgehead atoms. The number of piperazine rings is 1. The highest BCUT2D eigenvalue weighted by Crippen LogP contribution is 2.40. The Kier molecular flexibility index (Phi) is 9.83. The molecule has 238 valence electrons. The number of pyridine rings is 2. The van der Waals surface area contributed by atoms with Gasteiger partial charge in [0, 0.05) is 37.9 Å². The van der Waals surface area contributed by atoms with Gasteiger partial charge < -0.3 is 19.7 Å². The molecule has 1 aliphatic carbocycles. The molecule has 3 aromatic rings. The quantitative estimate of drug-likeness (QED) is 0.219. The van der Waals surface area contributed by atoms with Crippen LogP contribution in [0.25, 0.3) is 5.83 Å². The van der Waals surface area contributed by atoms with Crippen LogP contribution in [0.15, 0.2) is 62.0 Å². The number of ether oxygens (including phenoxy) is 2. The molecule has 0 radical (unpaired) electrons. The largest absolute Gasteiger partial charge is 0.495 e. The van der Waals surface area contributed by atoms with Crippen LogP contribution in [0.3, 0.4) is 0 Å². The lowest BCUT2D eigenvalue weighted by molar-refractivity contribution is -0.129. The average molecular weight is 624 g/mol. The molecule has 2 aliphatic rings. The number of terminal acetylenes is 1. The molecule has 1 aromatic carbocycles. The van der Waals surface area contributed by atoms with E-state index in [1.54, 1.807) is 30.9 Å². The van der Waals surface area contributed by atoms with Gasteiger partial charge in [-0.3, -0.25) is 19.5 Å². The zero-order valence-corrected chi connectivity index (χ0v) is 26.4. The van der Waals surface area contributed by atoms with E-state index in [0.29, 0.717) is 60.5 Å². The van der Waals surface area contributed by atoms with Crippen molar-refractivity contribution >= 4 is 23.5 Å². The number of hydrogen-bond acceptors (Lipinski definition) is 7. The van der Waals surface area contributed by atoms with Crippen molar-refractivity contribution in [3.05, 3.63) is 95.5 Å². The van der Waals surface area contributed by atoms with Crippen LogP contribution in [0.5, 0.6) is 11.5 Å². The van der Waals surface area contributed by atoms with E-state index >= 15 is 4.39 Å². The lowest BCUT2D eigenvalue weighted by Gasteiger charge is -2.39. The van der Waals surface area contributed by atoms with Crippen LogP contribution in [-0.2, 0) is 4.79 Å². The molecule has 5 rings (SSSR count). The molecule has 2 atom stereocenters. The Bertz CT molecular complexity index is 1700. The number of hydrogen-bond donors (Lipinski definition) is 1. The van der Waals surface area contributed by atoms with E-state index in [2.05, 4.69) is 40.3 Å². The Labute approximate surface area is 269 Å². The van der Waals surface area contributed by atoms with Gasteiger partial charge in [0.1, 0.15) is 29.2 Å². The summed E-state index contributed by atoms with van der Waals surface area (Å²) in [4.78, 5) is 38.4. The van der Waals surface area contributed by atoms with Crippen molar-refractivity contribution in [2.24, 2.45) is 0 Å². The van der Waals surface area contributed by atoms with E-state index in [1.807, 2.05) is 12.3 Å². The molecule has 2 amide bonds. The van der Waals surface area contributed by atoms with Crippen molar-refractivity contribution in [2.75, 3.05) is 38.6 Å². The van der Waals surface area contributed by atoms with E-state index < -0.39 is 23.9 Å². The molecule has 3 heterocycles. The topological polar surface area (TPSA) is 96.9 Å². The van der Waals surface area contributed by atoms with Crippen LogP contribution in [0.2, 0.25) is 0 Å². The number of anilines is 1. The van der Waals surface area contributed by atoms with Crippen LogP contribution in [0, 0.1) is 26.2 Å². The third kappa shape index (κ3) is 7.27. The Morgan fingerprint density at radius 3 is 2.54 bits per heavy atom. The highest BCUT2D eigenvalue weighted by molar-refractivity contribution is 6.05. The number of carbonyl (C=O) groups is 2. The number of methoxy groups -OCH3 is 1. The zero-order valence-electron chi connectivity index (χ0n) is 26.4. The van der Waals surface area contributed by atoms with Gasteiger partial charge in [-0.25, -0.2) is 9.37 Å². The second-order valence-electron chi connectivity index (χ2n) is 11.6. The summed E-state index contributed by atoms with van der Waals surface area (Å²) >= 11 is 0. The van der Waals surface area contributed by atoms with Gasteiger partial charge in [0.25, 0.3) is 5.91 Å². The fourth-order valence-electron chi connectivity index (χ4n) is 5.58. The molecule has 1 saturated carbocycles. The van der Waals surface area contributed by atoms with Gasteiger partial charge in [-0.2, -0.15) is 0 Å². The molecule has 2 fully saturated rings. The number of halogens is 1. The summed E-state index contributed by atoms with van der Waals surface area (Å²) in [6, 6.07) is 8.40. The normalized spacial score (nSPS) is 17.0. The van der Waals surface area contributed by atoms with Gasteiger partial charge >= 0.3 is 0 Å². The number of nitrogens with one attached hydrogen (secondary N) is 1. The van der Waals surface area contributed by atoms with Crippen molar-refractivity contribution in [3.63, 3.8) is 0 Å². The molecule has 1 N–H and O–H groups in total. The van der Waals surface area contributed by atoms with Crippen LogP contribution in [0.4, 0.5) is 10.2 Å². The summed E-state index contributed by atoms with van der Waals surface area (Å²) in [5.41, 5.74) is 3.44. The molecule has 1 aliphatic heterocycles. The fourth-order valence-corrected chi connectivity index (χ4v) is 5.58. The molecule has 0 spiro atoms. The number of carbonyl (C=O) groups excluding carboxylic acids is 2. The number of amides is 2. The lowest BCUT2D eigenvalue weighted by atomic mass is 10.0. The maximum absolute atomic E-state index is 15.0. The minimum atomic E-state index is -0.748. The predicted molar refractivity (Wildman–Crippen MR) is 175 cm³/mol. The first kappa shape index (κ1) is 32.4. The van der Waals surface area contributed by atoms with Gasteiger partial charge in [0.05, 0.1) is 24.6 Å². The maximum atomic E-state index is 15.0. The van der Waals surface area contributed by atoms with E-state index in [0.717, 1.165) is 12.8 Å². The Balaban J connectivity index is 1.42. The van der Waals surface area contributed by atoms with E-state index in [9.17, 15) is 9.59 Å². The smallest absolute Gasteiger partial charge is 0.257 e. The minimum Gasteiger partial charge on any atom is -0.495 e. The summed E-state index contributed by atoms with van der Waals surface area (Å²) in [7, 11) is 1.54. The first-order valence-electron chi connectivity index (χ1n) is 15.2. The van der Waals surface area contributed by atoms with E-state index in [4.69, 9.17) is 20.9 Å². The lowest BCUT2D eigenvalue weighted by Crippen LogP contribution is -2.55. The van der Waals surface area contributed by atoms with Crippen molar-refractivity contribution in [3.8, 4) is 23.8 Å². The average Bonchev–Trinajstić information content (AvgIpc) is 3.91. The molecule has 46 heavy (non-hydrogen) atoms. The first-order chi connectivity index (χ1) is 22.1. The summed E-state index contributed by atoms with van der Waals surface area (Å²) in [5, 5.41) is 2.80. The van der Waals surface area contributed by atoms with Crippen molar-refractivity contribution < 1.29 is 23.5 Å². The highest BCUT2D eigenvalue weighted by Gasteiger charge is 2.31. The van der Waals surface area contributed by atoms with Crippen LogP contribution >= 0.6 is 0 Å². The summed E-state index contributed by atoms with van der Waals surface area (Å²) in [6.45, 7) is 12.5. The summed E-state index contributed by atoms with van der Waals surface area (Å²) < 4.78 is 26.8. The predicted octanol–water partition coefficient (Wildman–Crippen LogP) is 5.62. The Morgan fingerprint density at radius 2 is 1.93 bits per heavy atom. The molecular formula is C36H38FN5O4. The van der Waals surface area contributed by atoms with Gasteiger partial charge in [-0.15, -0.1) is 6.42 Å². The molecule has 2 aromatic heterocycles. The number of aryl methyl sites for hydroxylation is 2. The second-order valence-corrected chi connectivity index (χ2v) is 11.6. The van der Waals surface area contributed by atoms with Gasteiger partial charge in [0.2, 0.25) is 5.91 Å². The fraction of sp³-hybridized carbons (Fsp3) is 0.333. The van der Waals surface area contributed by atoms with Crippen LogP contribution in [0.1, 0.15) is 63.2 Å². The number of benzene rings is 1. The summed E-state index contributed by atoms with van der Waals surface area (Å²) in [6.07, 6.45) is 12.1. The molecule has 0 unspecified atom stereocenters. The van der Waals surface area contributed by atoms with Gasteiger partial charge in [-0.05, 0) is 79.6 Å². The van der Waals surface area contributed by atoms with Crippen molar-refractivity contribution in [1.82, 2.24) is 19.8 Å². The summed E-state index contributed by atoms with van der Waals surface area (Å²) in [5.74, 6) is 3.00. The van der Waals surface area contributed by atoms with E-state index in [1.165, 1.54) is 31.0 Å². The molecule has 10 heteroatoms. The van der Waals surface area contributed by atoms with Crippen LogP contribution in [-0.4, -0.2) is 70.9 Å². The van der Waals surface area contributed by atoms with Crippen LogP contribution < -0.4 is 14.8 Å². The Morgan fingerprint density at radius 1 is 1.15 bits per heavy atom. The molecular weight excluding hydrogens is 585 g/mol. The van der Waals surface area contributed by atoms with Gasteiger partial charge in [0.15, 0.2) is 6.10 Å². The van der Waals surface area contributed by atoms with E-state index in [-0.39, 0.29) is 22.8 Å². The SMILES string of the molecule is C#C[C@@H]1CN(C[C@@H](Oc2cc(C)c(C(=O)Nc3ncc(OC)cc3C)cc2C(=C)F)c2ccc(C3CC3)cn2)CCN1C(=O)C=C. The highest BCUT2D eigenvalue weighted by atomic mass is 19.1. The number of nitrogens with zero attached hydrogens (tertiary/aromatic N) is 4. The molecule has 9 nitrogen and oxygen atoms in total. The number of aromatic nitrogens is 2. The standard InChI is InChI=1S/C36H38FN5O4/c1-7-27-20-41(13-14-42(27)34(43)8-2)21-33(31-12-11-26(18-38-31)25-9-10-25)46-32-16-22(3)29(17-30(32)24(5)37)36(44)40-35-23(4)15-28(45-6)19-39-35/h1,8,11-12,15-19,25,27,33H,2,5,9-10,13-14,20-21H2,3-4,6H3,(H,39,40,44)/t27-,33-/m1/s1. The zero-order chi connectivity index (χ0) is 33.0. The van der Waals surface area contributed by atoms with Crippen molar-refractivity contribution in [1.29, 1.82) is 0 Å². The maximum Gasteiger partial charge on any atom is 0.257 e. The third-order valence-electron chi connectivity index (χ3n) is 8.38. The Hall–Kier alpha value is -5.01. The third-order valence-corrected chi connectivity index (χ3v) is 8.38.